The molecule has 2 heterocycles. The summed E-state index contributed by atoms with van der Waals surface area (Å²) in [5.41, 5.74) is 0. The maximum Gasteiger partial charge on any atom is 0.0471 e. The first kappa shape index (κ1) is 12.2. The zero-order valence-corrected chi connectivity index (χ0v) is 9.43. The van der Waals surface area contributed by atoms with Gasteiger partial charge in [0.15, 0.2) is 0 Å². The van der Waals surface area contributed by atoms with Gasteiger partial charge in [-0.05, 0) is 38.3 Å². The number of aliphatic hydroxyl groups excluding tert-OH is 1. The van der Waals surface area contributed by atoms with Crippen molar-refractivity contribution in [3.8, 4) is 0 Å². The van der Waals surface area contributed by atoms with Crippen LogP contribution in [0, 0.1) is 5.92 Å². The number of nitrogens with zero attached hydrogens (tertiary/aromatic N) is 1. The Balaban J connectivity index is 0.000000980. The van der Waals surface area contributed by atoms with Gasteiger partial charge in [-0.2, -0.15) is 0 Å². The third-order valence-electron chi connectivity index (χ3n) is 3.27. The van der Waals surface area contributed by atoms with Crippen molar-refractivity contribution in [1.82, 2.24) is 10.2 Å². The SMILES string of the molecule is Cl.OCC1CCN(C[C@@H]2CCCN2)C1. The zero-order chi connectivity index (χ0) is 9.10. The number of aliphatic hydroxyl groups is 1. The van der Waals surface area contributed by atoms with Gasteiger partial charge in [0.1, 0.15) is 0 Å². The minimum absolute atomic E-state index is 0. The fraction of sp³-hybridized carbons (Fsp3) is 1.00. The van der Waals surface area contributed by atoms with Gasteiger partial charge in [0.2, 0.25) is 0 Å². The van der Waals surface area contributed by atoms with Crippen LogP contribution in [-0.2, 0) is 0 Å². The third kappa shape index (κ3) is 3.09. The van der Waals surface area contributed by atoms with Crippen LogP contribution in [0.2, 0.25) is 0 Å². The Bertz CT molecular complexity index is 162. The van der Waals surface area contributed by atoms with Gasteiger partial charge in [-0.15, -0.1) is 12.4 Å². The van der Waals surface area contributed by atoms with Crippen LogP contribution in [0.3, 0.4) is 0 Å². The summed E-state index contributed by atoms with van der Waals surface area (Å²) < 4.78 is 0. The summed E-state index contributed by atoms with van der Waals surface area (Å²) in [4.78, 5) is 2.49. The maximum atomic E-state index is 9.00. The number of nitrogens with one attached hydrogen (secondary N) is 1. The number of hydrogen-bond acceptors (Lipinski definition) is 3. The smallest absolute Gasteiger partial charge is 0.0471 e. The van der Waals surface area contributed by atoms with Crippen molar-refractivity contribution in [3.63, 3.8) is 0 Å². The van der Waals surface area contributed by atoms with Crippen molar-refractivity contribution in [2.24, 2.45) is 5.92 Å². The average Bonchev–Trinajstić information content (AvgIpc) is 2.76. The molecule has 0 aromatic rings. The molecule has 0 spiro atoms. The topological polar surface area (TPSA) is 35.5 Å². The van der Waals surface area contributed by atoms with Crippen molar-refractivity contribution < 1.29 is 5.11 Å². The van der Waals surface area contributed by atoms with Crippen LogP contribution in [0.15, 0.2) is 0 Å². The van der Waals surface area contributed by atoms with E-state index in [4.69, 9.17) is 5.11 Å². The van der Waals surface area contributed by atoms with Crippen molar-refractivity contribution in [2.45, 2.75) is 25.3 Å². The third-order valence-corrected chi connectivity index (χ3v) is 3.27. The largest absolute Gasteiger partial charge is 0.396 e. The molecule has 0 bridgehead atoms. The van der Waals surface area contributed by atoms with E-state index in [1.165, 1.54) is 38.9 Å². The van der Waals surface area contributed by atoms with Crippen LogP contribution < -0.4 is 5.32 Å². The summed E-state index contributed by atoms with van der Waals surface area (Å²) in [6.07, 6.45) is 3.85. The molecule has 0 aromatic heterocycles. The lowest BCUT2D eigenvalue weighted by molar-refractivity contribution is 0.217. The van der Waals surface area contributed by atoms with Gasteiger partial charge in [-0.25, -0.2) is 0 Å². The van der Waals surface area contributed by atoms with Gasteiger partial charge in [-0.1, -0.05) is 0 Å². The fourth-order valence-electron chi connectivity index (χ4n) is 2.45. The number of hydrogen-bond donors (Lipinski definition) is 2. The summed E-state index contributed by atoms with van der Waals surface area (Å²) in [7, 11) is 0. The van der Waals surface area contributed by atoms with E-state index >= 15 is 0 Å². The first-order valence-corrected chi connectivity index (χ1v) is 5.45. The van der Waals surface area contributed by atoms with Crippen LogP contribution in [0.1, 0.15) is 19.3 Å². The molecular weight excluding hydrogens is 200 g/mol. The van der Waals surface area contributed by atoms with Gasteiger partial charge in [0.05, 0.1) is 0 Å². The fourth-order valence-corrected chi connectivity index (χ4v) is 2.45. The molecule has 3 nitrogen and oxygen atoms in total. The lowest BCUT2D eigenvalue weighted by atomic mass is 10.1. The van der Waals surface area contributed by atoms with Gasteiger partial charge < -0.3 is 15.3 Å². The highest BCUT2D eigenvalue weighted by atomic mass is 35.5. The standard InChI is InChI=1S/C10H20N2O.ClH/c13-8-9-3-5-12(6-9)7-10-2-1-4-11-10;/h9-11,13H,1-8H2;1H/t9?,10-;/m0./s1. The van der Waals surface area contributed by atoms with Gasteiger partial charge in [0.25, 0.3) is 0 Å². The summed E-state index contributed by atoms with van der Waals surface area (Å²) >= 11 is 0. The van der Waals surface area contributed by atoms with E-state index < -0.39 is 0 Å². The molecule has 0 aliphatic carbocycles. The van der Waals surface area contributed by atoms with Crippen molar-refractivity contribution >= 4 is 12.4 Å². The molecule has 2 aliphatic rings. The summed E-state index contributed by atoms with van der Waals surface area (Å²) in [5, 5.41) is 12.5. The molecule has 2 aliphatic heterocycles. The molecule has 2 fully saturated rings. The Kier molecular flexibility index (Phi) is 5.17. The van der Waals surface area contributed by atoms with E-state index in [1.54, 1.807) is 0 Å². The molecule has 0 amide bonds. The molecule has 2 N–H and O–H groups in total. The Morgan fingerprint density at radius 3 is 2.79 bits per heavy atom. The van der Waals surface area contributed by atoms with Crippen LogP contribution in [0.5, 0.6) is 0 Å². The highest BCUT2D eigenvalue weighted by Gasteiger charge is 2.24. The first-order chi connectivity index (χ1) is 6.38. The van der Waals surface area contributed by atoms with Crippen molar-refractivity contribution in [3.05, 3.63) is 0 Å². The maximum absolute atomic E-state index is 9.00. The lowest BCUT2D eigenvalue weighted by Gasteiger charge is -2.20. The molecule has 84 valence electrons. The summed E-state index contributed by atoms with van der Waals surface area (Å²) in [6, 6.07) is 0.720. The molecule has 0 aromatic carbocycles. The zero-order valence-electron chi connectivity index (χ0n) is 8.61. The average molecular weight is 221 g/mol. The summed E-state index contributed by atoms with van der Waals surface area (Å²) in [6.45, 7) is 5.05. The van der Waals surface area contributed by atoms with Crippen LogP contribution in [-0.4, -0.2) is 48.8 Å². The second kappa shape index (κ2) is 5.91. The van der Waals surface area contributed by atoms with Gasteiger partial charge >= 0.3 is 0 Å². The van der Waals surface area contributed by atoms with Gasteiger partial charge in [0, 0.05) is 25.7 Å². The number of rotatable bonds is 3. The number of likely N-dealkylation sites (tertiary alicyclic amines) is 1. The predicted molar refractivity (Wildman–Crippen MR) is 59.9 cm³/mol. The Labute approximate surface area is 92.3 Å². The predicted octanol–water partition coefficient (Wildman–Crippen LogP) is 0.474. The van der Waals surface area contributed by atoms with E-state index in [0.717, 1.165) is 12.6 Å². The molecule has 0 saturated carbocycles. The van der Waals surface area contributed by atoms with Gasteiger partial charge in [-0.3, -0.25) is 0 Å². The molecule has 1 unspecified atom stereocenters. The molecule has 2 atom stereocenters. The molecule has 2 saturated heterocycles. The highest BCUT2D eigenvalue weighted by molar-refractivity contribution is 5.85. The minimum atomic E-state index is 0. The molecule has 4 heteroatoms. The second-order valence-electron chi connectivity index (χ2n) is 4.39. The number of halogens is 1. The van der Waals surface area contributed by atoms with E-state index in [2.05, 4.69) is 10.2 Å². The highest BCUT2D eigenvalue weighted by Crippen LogP contribution is 2.17. The Morgan fingerprint density at radius 1 is 1.36 bits per heavy atom. The van der Waals surface area contributed by atoms with Crippen LogP contribution >= 0.6 is 12.4 Å². The monoisotopic (exact) mass is 220 g/mol. The van der Waals surface area contributed by atoms with Crippen molar-refractivity contribution in [2.75, 3.05) is 32.8 Å². The van der Waals surface area contributed by atoms with E-state index in [0.29, 0.717) is 12.5 Å². The summed E-state index contributed by atoms with van der Waals surface area (Å²) in [5.74, 6) is 0.543. The molecule has 14 heavy (non-hydrogen) atoms. The molecular formula is C10H21ClN2O. The van der Waals surface area contributed by atoms with Crippen LogP contribution in [0.25, 0.3) is 0 Å². The van der Waals surface area contributed by atoms with Crippen molar-refractivity contribution in [1.29, 1.82) is 0 Å². The minimum Gasteiger partial charge on any atom is -0.396 e. The van der Waals surface area contributed by atoms with E-state index in [-0.39, 0.29) is 12.4 Å². The van der Waals surface area contributed by atoms with E-state index in [1.807, 2.05) is 0 Å². The second-order valence-corrected chi connectivity index (χ2v) is 4.39. The Morgan fingerprint density at radius 2 is 2.21 bits per heavy atom. The quantitative estimate of drug-likeness (QED) is 0.726. The first-order valence-electron chi connectivity index (χ1n) is 5.45. The molecule has 2 rings (SSSR count). The Hall–Kier alpha value is 0.170. The van der Waals surface area contributed by atoms with E-state index in [9.17, 15) is 0 Å². The molecule has 0 radical (unpaired) electrons. The van der Waals surface area contributed by atoms with Crippen LogP contribution in [0.4, 0.5) is 0 Å². The lowest BCUT2D eigenvalue weighted by Crippen LogP contribution is -2.36. The normalized spacial score (nSPS) is 33.2.